The first-order chi connectivity index (χ1) is 12.0. The predicted octanol–water partition coefficient (Wildman–Crippen LogP) is 2.99. The van der Waals surface area contributed by atoms with E-state index < -0.39 is 11.4 Å². The zero-order chi connectivity index (χ0) is 17.8. The molecule has 1 aliphatic rings. The molecule has 1 aliphatic carbocycles. The fraction of sp³-hybridized carbons (Fsp3) is 0.474. The number of amides is 1. The highest BCUT2D eigenvalue weighted by atomic mass is 19.1. The van der Waals surface area contributed by atoms with Crippen LogP contribution in [0.15, 0.2) is 29.1 Å². The van der Waals surface area contributed by atoms with Crippen LogP contribution in [0.3, 0.4) is 0 Å². The van der Waals surface area contributed by atoms with E-state index in [1.807, 2.05) is 0 Å². The minimum Gasteiger partial charge on any atom is -0.376 e. The number of hydrogen-bond donors (Lipinski definition) is 2. The van der Waals surface area contributed by atoms with Gasteiger partial charge >= 0.3 is 0 Å². The second-order valence-corrected chi connectivity index (χ2v) is 6.66. The van der Waals surface area contributed by atoms with Crippen LogP contribution in [0.1, 0.15) is 43.0 Å². The van der Waals surface area contributed by atoms with Crippen LogP contribution in [-0.2, 0) is 4.74 Å². The van der Waals surface area contributed by atoms with Gasteiger partial charge in [-0.25, -0.2) is 4.39 Å². The molecule has 0 radical (unpaired) electrons. The molecule has 2 aromatic rings. The summed E-state index contributed by atoms with van der Waals surface area (Å²) < 4.78 is 19.2. The number of aromatic nitrogens is 1. The maximum absolute atomic E-state index is 13.3. The standard InChI is InChI=1S/C19H23FN2O3/c1-12-4-2-3-5-17(12)25-9-8-21-19(24)15-11-18(23)22-16-10-13(20)6-7-14(15)16/h6-7,10-12,17H,2-5,8-9H2,1H3,(H,21,24)(H,22,23)/t12-,17-/m0/s1. The molecule has 1 aromatic heterocycles. The molecule has 0 saturated heterocycles. The number of carbonyl (C=O) groups excluding carboxylic acids is 1. The van der Waals surface area contributed by atoms with Crippen molar-refractivity contribution in [2.75, 3.05) is 13.2 Å². The van der Waals surface area contributed by atoms with Crippen molar-refractivity contribution in [2.24, 2.45) is 5.92 Å². The summed E-state index contributed by atoms with van der Waals surface area (Å²) in [5, 5.41) is 3.29. The molecule has 0 bridgehead atoms. The third-order valence-corrected chi connectivity index (χ3v) is 4.80. The van der Waals surface area contributed by atoms with Crippen molar-refractivity contribution >= 4 is 16.8 Å². The van der Waals surface area contributed by atoms with Crippen molar-refractivity contribution in [2.45, 2.75) is 38.7 Å². The van der Waals surface area contributed by atoms with E-state index in [1.165, 1.54) is 43.5 Å². The highest BCUT2D eigenvalue weighted by molar-refractivity contribution is 6.05. The molecule has 25 heavy (non-hydrogen) atoms. The Kier molecular flexibility index (Phi) is 5.48. The Morgan fingerprint density at radius 3 is 2.92 bits per heavy atom. The van der Waals surface area contributed by atoms with Crippen molar-refractivity contribution in [1.29, 1.82) is 0 Å². The SMILES string of the molecule is C[C@H]1CCCC[C@@H]1OCCNC(=O)c1cc(=O)[nH]c2cc(F)ccc12. The largest absolute Gasteiger partial charge is 0.376 e. The Balaban J connectivity index is 1.61. The number of halogens is 1. The maximum atomic E-state index is 13.3. The lowest BCUT2D eigenvalue weighted by Gasteiger charge is -2.28. The van der Waals surface area contributed by atoms with Crippen molar-refractivity contribution in [1.82, 2.24) is 10.3 Å². The second-order valence-electron chi connectivity index (χ2n) is 6.66. The van der Waals surface area contributed by atoms with Gasteiger partial charge in [0.2, 0.25) is 5.56 Å². The first-order valence-corrected chi connectivity index (χ1v) is 8.77. The summed E-state index contributed by atoms with van der Waals surface area (Å²) in [5.41, 5.74) is 0.116. The number of nitrogens with one attached hydrogen (secondary N) is 2. The number of benzene rings is 1. The number of ether oxygens (including phenoxy) is 1. The van der Waals surface area contributed by atoms with Crippen molar-refractivity contribution < 1.29 is 13.9 Å². The first-order valence-electron chi connectivity index (χ1n) is 8.77. The molecule has 1 aromatic carbocycles. The normalized spacial score (nSPS) is 20.6. The summed E-state index contributed by atoms with van der Waals surface area (Å²) in [6.45, 7) is 3.01. The van der Waals surface area contributed by atoms with Gasteiger partial charge in [0.1, 0.15) is 5.82 Å². The van der Waals surface area contributed by atoms with E-state index in [4.69, 9.17) is 4.74 Å². The molecule has 1 amide bonds. The maximum Gasteiger partial charge on any atom is 0.252 e. The molecule has 2 atom stereocenters. The molecule has 0 unspecified atom stereocenters. The number of hydrogen-bond acceptors (Lipinski definition) is 3. The van der Waals surface area contributed by atoms with E-state index in [9.17, 15) is 14.0 Å². The number of carbonyl (C=O) groups is 1. The zero-order valence-electron chi connectivity index (χ0n) is 14.3. The molecule has 134 valence electrons. The lowest BCUT2D eigenvalue weighted by molar-refractivity contribution is -0.00293. The van der Waals surface area contributed by atoms with E-state index in [-0.39, 0.29) is 17.6 Å². The van der Waals surface area contributed by atoms with Crippen LogP contribution in [0, 0.1) is 11.7 Å². The summed E-state index contributed by atoms with van der Waals surface area (Å²) in [6, 6.07) is 5.21. The molecule has 1 saturated carbocycles. The number of fused-ring (bicyclic) bond motifs is 1. The zero-order valence-corrected chi connectivity index (χ0v) is 14.3. The quantitative estimate of drug-likeness (QED) is 0.818. The highest BCUT2D eigenvalue weighted by Gasteiger charge is 2.21. The van der Waals surface area contributed by atoms with Crippen LogP contribution in [0.25, 0.3) is 10.9 Å². The molecule has 0 aliphatic heterocycles. The van der Waals surface area contributed by atoms with Gasteiger partial charge in [0.25, 0.3) is 5.91 Å². The molecule has 5 nitrogen and oxygen atoms in total. The Morgan fingerprint density at radius 1 is 1.32 bits per heavy atom. The van der Waals surface area contributed by atoms with Gasteiger partial charge in [-0.05, 0) is 37.0 Å². The fourth-order valence-corrected chi connectivity index (χ4v) is 3.42. The van der Waals surface area contributed by atoms with Gasteiger partial charge in [0.15, 0.2) is 0 Å². The van der Waals surface area contributed by atoms with Crippen LogP contribution in [-0.4, -0.2) is 30.1 Å². The van der Waals surface area contributed by atoms with Crippen molar-refractivity contribution in [3.05, 3.63) is 46.0 Å². The first kappa shape index (κ1) is 17.6. The third kappa shape index (κ3) is 4.25. The minimum atomic E-state index is -0.462. The van der Waals surface area contributed by atoms with Gasteiger partial charge in [0, 0.05) is 18.0 Å². The minimum absolute atomic E-state index is 0.241. The summed E-state index contributed by atoms with van der Waals surface area (Å²) in [7, 11) is 0. The summed E-state index contributed by atoms with van der Waals surface area (Å²) in [6.07, 6.45) is 4.96. The van der Waals surface area contributed by atoms with E-state index in [0.29, 0.717) is 30.0 Å². The van der Waals surface area contributed by atoms with Crippen LogP contribution in [0.5, 0.6) is 0 Å². The summed E-state index contributed by atoms with van der Waals surface area (Å²) in [5.74, 6) is -0.269. The predicted molar refractivity (Wildman–Crippen MR) is 94.2 cm³/mol. The number of pyridine rings is 1. The lowest BCUT2D eigenvalue weighted by atomic mass is 9.88. The van der Waals surface area contributed by atoms with Gasteiger partial charge in [-0.2, -0.15) is 0 Å². The molecule has 6 heteroatoms. The average molecular weight is 346 g/mol. The summed E-state index contributed by atoms with van der Waals surface area (Å²) >= 11 is 0. The van der Waals surface area contributed by atoms with E-state index >= 15 is 0 Å². The number of H-pyrrole nitrogens is 1. The van der Waals surface area contributed by atoms with Gasteiger partial charge in [-0.15, -0.1) is 0 Å². The molecule has 1 fully saturated rings. The van der Waals surface area contributed by atoms with Crippen LogP contribution in [0.2, 0.25) is 0 Å². The fourth-order valence-electron chi connectivity index (χ4n) is 3.42. The number of rotatable bonds is 5. The topological polar surface area (TPSA) is 71.2 Å². The number of aromatic amines is 1. The molecule has 0 spiro atoms. The van der Waals surface area contributed by atoms with E-state index in [0.717, 1.165) is 6.42 Å². The second kappa shape index (κ2) is 7.78. The van der Waals surface area contributed by atoms with Crippen LogP contribution >= 0.6 is 0 Å². The van der Waals surface area contributed by atoms with Gasteiger partial charge in [-0.3, -0.25) is 9.59 Å². The Labute approximate surface area is 145 Å². The summed E-state index contributed by atoms with van der Waals surface area (Å²) in [4.78, 5) is 26.6. The smallest absolute Gasteiger partial charge is 0.252 e. The Morgan fingerprint density at radius 2 is 2.12 bits per heavy atom. The Hall–Kier alpha value is -2.21. The van der Waals surface area contributed by atoms with Crippen molar-refractivity contribution in [3.63, 3.8) is 0 Å². The van der Waals surface area contributed by atoms with Crippen LogP contribution < -0.4 is 10.9 Å². The van der Waals surface area contributed by atoms with Gasteiger partial charge < -0.3 is 15.0 Å². The molecule has 3 rings (SSSR count). The van der Waals surface area contributed by atoms with Gasteiger partial charge in [0.05, 0.1) is 23.8 Å². The van der Waals surface area contributed by atoms with Crippen molar-refractivity contribution in [3.8, 4) is 0 Å². The molecule has 2 N–H and O–H groups in total. The molecular weight excluding hydrogens is 323 g/mol. The average Bonchev–Trinajstić information content (AvgIpc) is 2.58. The van der Waals surface area contributed by atoms with E-state index in [1.54, 1.807) is 0 Å². The van der Waals surface area contributed by atoms with Gasteiger partial charge in [-0.1, -0.05) is 19.8 Å². The molecule has 1 heterocycles. The van der Waals surface area contributed by atoms with E-state index in [2.05, 4.69) is 17.2 Å². The highest BCUT2D eigenvalue weighted by Crippen LogP contribution is 2.26. The monoisotopic (exact) mass is 346 g/mol. The molecular formula is C19H23FN2O3. The lowest BCUT2D eigenvalue weighted by Crippen LogP contribution is -2.32. The third-order valence-electron chi connectivity index (χ3n) is 4.80. The Bertz CT molecular complexity index is 818. The van der Waals surface area contributed by atoms with Crippen LogP contribution in [0.4, 0.5) is 4.39 Å².